The highest BCUT2D eigenvalue weighted by atomic mass is 16.6. The number of piperidine rings is 1. The van der Waals surface area contributed by atoms with Gasteiger partial charge in [-0.3, -0.25) is 4.90 Å². The maximum atomic E-state index is 11.8. The van der Waals surface area contributed by atoms with Crippen molar-refractivity contribution in [3.05, 3.63) is 34.4 Å². The van der Waals surface area contributed by atoms with Crippen molar-refractivity contribution in [3.63, 3.8) is 0 Å². The molecule has 3 aliphatic heterocycles. The molecule has 0 aliphatic carbocycles. The summed E-state index contributed by atoms with van der Waals surface area (Å²) in [5, 5.41) is 0. The van der Waals surface area contributed by atoms with Gasteiger partial charge in [-0.05, 0) is 55.4 Å². The van der Waals surface area contributed by atoms with Gasteiger partial charge in [0.2, 0.25) is 0 Å². The fourth-order valence-electron chi connectivity index (χ4n) is 4.30. The fourth-order valence-corrected chi connectivity index (χ4v) is 4.30. The number of carbonyl (C=O) groups excluding carboxylic acids is 1. The number of nitrogens with zero attached hydrogens (tertiary/aromatic N) is 2. The number of cyclic esters (lactones) is 1. The minimum Gasteiger partial charge on any atom is -0.448 e. The lowest BCUT2D eigenvalue weighted by Crippen LogP contribution is -2.51. The Balaban J connectivity index is 1.56. The van der Waals surface area contributed by atoms with E-state index in [1.165, 1.54) is 22.3 Å². The molecule has 0 radical (unpaired) electrons. The molecular weight excluding hydrogens is 276 g/mol. The second kappa shape index (κ2) is 5.27. The third kappa shape index (κ3) is 2.21. The van der Waals surface area contributed by atoms with Gasteiger partial charge in [0.25, 0.3) is 0 Å². The van der Waals surface area contributed by atoms with E-state index in [0.29, 0.717) is 18.7 Å². The van der Waals surface area contributed by atoms with Gasteiger partial charge in [0.15, 0.2) is 0 Å². The van der Waals surface area contributed by atoms with Crippen molar-refractivity contribution in [3.8, 4) is 0 Å². The van der Waals surface area contributed by atoms with Crippen molar-refractivity contribution in [2.24, 2.45) is 0 Å². The molecule has 1 amide bonds. The highest BCUT2D eigenvalue weighted by molar-refractivity contribution is 5.69. The molecular formula is C18H24N2O2. The first-order chi connectivity index (χ1) is 10.6. The Bertz CT molecular complexity index is 613. The highest BCUT2D eigenvalue weighted by Gasteiger charge is 2.38. The first-order valence-electron chi connectivity index (χ1n) is 8.41. The Morgan fingerprint density at radius 3 is 2.73 bits per heavy atom. The maximum absolute atomic E-state index is 11.8. The quantitative estimate of drug-likeness (QED) is 0.799. The Hall–Kier alpha value is -1.55. The van der Waals surface area contributed by atoms with Crippen LogP contribution < -0.4 is 0 Å². The van der Waals surface area contributed by atoms with Crippen molar-refractivity contribution in [2.75, 3.05) is 26.2 Å². The summed E-state index contributed by atoms with van der Waals surface area (Å²) >= 11 is 0. The van der Waals surface area contributed by atoms with Gasteiger partial charge in [0.05, 0.1) is 6.54 Å². The average Bonchev–Trinajstić information content (AvgIpc) is 2.94. The first-order valence-corrected chi connectivity index (χ1v) is 8.41. The van der Waals surface area contributed by atoms with Crippen LogP contribution in [0.5, 0.6) is 0 Å². The Morgan fingerprint density at radius 1 is 1.14 bits per heavy atom. The molecule has 0 N–H and O–H groups in total. The Morgan fingerprint density at radius 2 is 1.95 bits per heavy atom. The number of amides is 1. The zero-order valence-electron chi connectivity index (χ0n) is 13.5. The van der Waals surface area contributed by atoms with Crippen molar-refractivity contribution < 1.29 is 9.53 Å². The molecule has 2 fully saturated rings. The predicted octanol–water partition coefficient (Wildman–Crippen LogP) is 2.82. The lowest BCUT2D eigenvalue weighted by atomic mass is 9.83. The van der Waals surface area contributed by atoms with Crippen LogP contribution in [0.1, 0.15) is 41.1 Å². The lowest BCUT2D eigenvalue weighted by molar-refractivity contribution is 0.0701. The minimum atomic E-state index is -0.118. The Labute approximate surface area is 132 Å². The van der Waals surface area contributed by atoms with E-state index in [2.05, 4.69) is 30.9 Å². The number of fused-ring (bicyclic) bond motifs is 3. The van der Waals surface area contributed by atoms with Gasteiger partial charge in [0.1, 0.15) is 6.61 Å². The summed E-state index contributed by atoms with van der Waals surface area (Å²) in [5.74, 6) is 0. The molecule has 3 heterocycles. The van der Waals surface area contributed by atoms with Crippen molar-refractivity contribution in [1.82, 2.24) is 9.80 Å². The van der Waals surface area contributed by atoms with Gasteiger partial charge >= 0.3 is 6.09 Å². The van der Waals surface area contributed by atoms with E-state index in [9.17, 15) is 4.79 Å². The van der Waals surface area contributed by atoms with E-state index in [1.807, 2.05) is 4.90 Å². The second-order valence-corrected chi connectivity index (χ2v) is 6.93. The molecule has 4 nitrogen and oxygen atoms in total. The van der Waals surface area contributed by atoms with E-state index in [0.717, 1.165) is 38.9 Å². The van der Waals surface area contributed by atoms with Crippen molar-refractivity contribution in [1.29, 1.82) is 0 Å². The molecule has 2 atom stereocenters. The third-order valence-electron chi connectivity index (χ3n) is 5.68. The maximum Gasteiger partial charge on any atom is 0.410 e. The second-order valence-electron chi connectivity index (χ2n) is 6.93. The van der Waals surface area contributed by atoms with Crippen LogP contribution >= 0.6 is 0 Å². The van der Waals surface area contributed by atoms with E-state index < -0.39 is 0 Å². The Kier molecular flexibility index (Phi) is 3.37. The number of hydrogen-bond donors (Lipinski definition) is 0. The lowest BCUT2D eigenvalue weighted by Gasteiger charge is -2.45. The van der Waals surface area contributed by atoms with Crippen LogP contribution in [0.15, 0.2) is 12.1 Å². The molecule has 3 aliphatic rings. The molecule has 2 saturated heterocycles. The van der Waals surface area contributed by atoms with Crippen LogP contribution in [0.25, 0.3) is 0 Å². The monoisotopic (exact) mass is 300 g/mol. The number of ether oxygens (including phenoxy) is 1. The topological polar surface area (TPSA) is 32.8 Å². The fraction of sp³-hybridized carbons (Fsp3) is 0.611. The zero-order chi connectivity index (χ0) is 15.3. The predicted molar refractivity (Wildman–Crippen MR) is 85.0 cm³/mol. The number of benzene rings is 1. The van der Waals surface area contributed by atoms with Gasteiger partial charge < -0.3 is 9.64 Å². The van der Waals surface area contributed by atoms with Crippen LogP contribution in [0.4, 0.5) is 4.79 Å². The SMILES string of the molecule is Cc1cc2c(cc1C)[C@@H]1CC[C@@H](N3CCOC3=O)CN1CC2. The first kappa shape index (κ1) is 14.1. The average molecular weight is 300 g/mol. The van der Waals surface area contributed by atoms with Gasteiger partial charge in [-0.25, -0.2) is 4.79 Å². The van der Waals surface area contributed by atoms with Crippen LogP contribution in [0, 0.1) is 13.8 Å². The third-order valence-corrected chi connectivity index (χ3v) is 5.68. The number of carbonyl (C=O) groups is 1. The normalized spacial score (nSPS) is 28.3. The molecule has 22 heavy (non-hydrogen) atoms. The highest BCUT2D eigenvalue weighted by Crippen LogP contribution is 2.39. The molecule has 0 saturated carbocycles. The zero-order valence-corrected chi connectivity index (χ0v) is 13.5. The summed E-state index contributed by atoms with van der Waals surface area (Å²) in [6.07, 6.45) is 3.24. The summed E-state index contributed by atoms with van der Waals surface area (Å²) in [7, 11) is 0. The number of hydrogen-bond acceptors (Lipinski definition) is 3. The van der Waals surface area contributed by atoms with E-state index in [-0.39, 0.29) is 6.09 Å². The summed E-state index contributed by atoms with van der Waals surface area (Å²) in [6.45, 7) is 7.83. The van der Waals surface area contributed by atoms with E-state index >= 15 is 0 Å². The molecule has 0 bridgehead atoms. The van der Waals surface area contributed by atoms with Crippen LogP contribution in [-0.4, -0.2) is 48.2 Å². The molecule has 118 valence electrons. The molecule has 0 spiro atoms. The molecule has 4 heteroatoms. The van der Waals surface area contributed by atoms with E-state index in [4.69, 9.17) is 4.74 Å². The molecule has 4 rings (SSSR count). The molecule has 1 aromatic carbocycles. The van der Waals surface area contributed by atoms with Gasteiger partial charge in [-0.15, -0.1) is 0 Å². The summed E-state index contributed by atoms with van der Waals surface area (Å²) < 4.78 is 5.11. The summed E-state index contributed by atoms with van der Waals surface area (Å²) in [6, 6.07) is 5.65. The van der Waals surface area contributed by atoms with Crippen molar-refractivity contribution in [2.45, 2.75) is 45.2 Å². The standard InChI is InChI=1S/C18H24N2O2/c1-12-9-14-5-6-19-11-15(20-7-8-22-18(20)21)3-4-17(19)16(14)10-13(12)2/h9-10,15,17H,3-8,11H2,1-2H3/t15-,17+/m1/s1. The minimum absolute atomic E-state index is 0.118. The largest absolute Gasteiger partial charge is 0.448 e. The molecule has 0 unspecified atom stereocenters. The van der Waals surface area contributed by atoms with Gasteiger partial charge in [-0.1, -0.05) is 12.1 Å². The van der Waals surface area contributed by atoms with Crippen LogP contribution in [0.2, 0.25) is 0 Å². The van der Waals surface area contributed by atoms with Crippen LogP contribution in [-0.2, 0) is 11.2 Å². The smallest absolute Gasteiger partial charge is 0.410 e. The van der Waals surface area contributed by atoms with Crippen molar-refractivity contribution >= 4 is 6.09 Å². The molecule has 0 aromatic heterocycles. The number of rotatable bonds is 1. The molecule has 1 aromatic rings. The van der Waals surface area contributed by atoms with Crippen LogP contribution in [0.3, 0.4) is 0 Å². The van der Waals surface area contributed by atoms with Gasteiger partial charge in [0, 0.05) is 25.2 Å². The summed E-state index contributed by atoms with van der Waals surface area (Å²) in [4.78, 5) is 16.3. The van der Waals surface area contributed by atoms with E-state index in [1.54, 1.807) is 0 Å². The number of aryl methyl sites for hydroxylation is 2. The summed E-state index contributed by atoms with van der Waals surface area (Å²) in [5.41, 5.74) is 5.85. The van der Waals surface area contributed by atoms with Gasteiger partial charge in [-0.2, -0.15) is 0 Å².